The van der Waals surface area contributed by atoms with Crippen molar-refractivity contribution in [3.05, 3.63) is 105 Å². The lowest BCUT2D eigenvalue weighted by molar-refractivity contribution is -0.137. The third-order valence-electron chi connectivity index (χ3n) is 5.18. The molecule has 9 heteroatoms. The number of amides is 1. The number of halogens is 5. The van der Waals surface area contributed by atoms with Gasteiger partial charge in [-0.2, -0.15) is 13.2 Å². The molecule has 3 aromatic rings. The van der Waals surface area contributed by atoms with E-state index >= 15 is 0 Å². The fraction of sp³-hybridized carbons (Fsp3) is 0.0833. The third kappa shape index (κ3) is 4.28. The van der Waals surface area contributed by atoms with Gasteiger partial charge in [-0.05, 0) is 48.0 Å². The van der Waals surface area contributed by atoms with Gasteiger partial charge in [0.05, 0.1) is 17.2 Å². The first kappa shape index (κ1) is 22.7. The third-order valence-corrected chi connectivity index (χ3v) is 5.71. The van der Waals surface area contributed by atoms with Crippen LogP contribution >= 0.6 is 15.9 Å². The quantitative estimate of drug-likeness (QED) is 0.193. The van der Waals surface area contributed by atoms with E-state index in [0.29, 0.717) is 4.47 Å². The molecule has 33 heavy (non-hydrogen) atoms. The van der Waals surface area contributed by atoms with Crippen molar-refractivity contribution in [3.8, 4) is 0 Å². The Kier molecular flexibility index (Phi) is 5.84. The van der Waals surface area contributed by atoms with Crippen LogP contribution < -0.4 is 4.90 Å². The molecule has 0 bridgehead atoms. The number of hydrogen-bond acceptors (Lipinski definition) is 3. The first-order valence-electron chi connectivity index (χ1n) is 9.57. The molecule has 4 rings (SSSR count). The summed E-state index contributed by atoms with van der Waals surface area (Å²) in [6.45, 7) is 0. The summed E-state index contributed by atoms with van der Waals surface area (Å²) >= 11 is 3.26. The van der Waals surface area contributed by atoms with Crippen molar-refractivity contribution in [2.45, 2.75) is 12.2 Å². The van der Waals surface area contributed by atoms with Crippen molar-refractivity contribution in [2.75, 3.05) is 4.90 Å². The molecule has 0 aliphatic carbocycles. The fourth-order valence-corrected chi connectivity index (χ4v) is 3.95. The van der Waals surface area contributed by atoms with Gasteiger partial charge in [0, 0.05) is 15.7 Å². The molecule has 0 aromatic heterocycles. The predicted molar refractivity (Wildman–Crippen MR) is 117 cm³/mol. The minimum atomic E-state index is -4.69. The highest BCUT2D eigenvalue weighted by Gasteiger charge is 2.47. The number of anilines is 1. The van der Waals surface area contributed by atoms with Crippen molar-refractivity contribution >= 4 is 39.1 Å². The van der Waals surface area contributed by atoms with Gasteiger partial charge in [0.2, 0.25) is 0 Å². The average Bonchev–Trinajstić information content (AvgIpc) is 3.04. The summed E-state index contributed by atoms with van der Waals surface area (Å²) in [5.41, 5.74) is -1.26. The molecule has 1 fully saturated rings. The Morgan fingerprint density at radius 1 is 0.939 bits per heavy atom. The van der Waals surface area contributed by atoms with Crippen molar-refractivity contribution in [3.63, 3.8) is 0 Å². The van der Waals surface area contributed by atoms with Crippen LogP contribution in [0.3, 0.4) is 0 Å². The van der Waals surface area contributed by atoms with Gasteiger partial charge in [-0.25, -0.2) is 4.39 Å². The Balaban J connectivity index is 1.95. The summed E-state index contributed by atoms with van der Waals surface area (Å²) < 4.78 is 54.6. The number of hydrogen-bond donors (Lipinski definition) is 1. The van der Waals surface area contributed by atoms with E-state index in [1.165, 1.54) is 30.3 Å². The summed E-state index contributed by atoms with van der Waals surface area (Å²) in [5, 5.41) is 10.9. The molecule has 1 saturated heterocycles. The highest BCUT2D eigenvalue weighted by atomic mass is 79.9. The summed E-state index contributed by atoms with van der Waals surface area (Å²) in [7, 11) is 0. The lowest BCUT2D eigenvalue weighted by Crippen LogP contribution is -2.29. The first-order chi connectivity index (χ1) is 15.6. The zero-order valence-corrected chi connectivity index (χ0v) is 18.2. The van der Waals surface area contributed by atoms with E-state index in [9.17, 15) is 32.3 Å². The van der Waals surface area contributed by atoms with Crippen LogP contribution in [0, 0.1) is 5.82 Å². The summed E-state index contributed by atoms with van der Waals surface area (Å²) in [4.78, 5) is 26.8. The Hall–Kier alpha value is -3.46. The smallest absolute Gasteiger partial charge is 0.416 e. The van der Waals surface area contributed by atoms with Gasteiger partial charge in [-0.1, -0.05) is 46.3 Å². The maximum absolute atomic E-state index is 14.0. The molecule has 1 heterocycles. The Morgan fingerprint density at radius 3 is 2.24 bits per heavy atom. The Labute approximate surface area is 193 Å². The minimum absolute atomic E-state index is 0.116. The van der Waals surface area contributed by atoms with Crippen LogP contribution in [0.1, 0.15) is 22.7 Å². The van der Waals surface area contributed by atoms with Crippen molar-refractivity contribution in [1.82, 2.24) is 0 Å². The van der Waals surface area contributed by atoms with Crippen LogP contribution in [0.2, 0.25) is 0 Å². The summed E-state index contributed by atoms with van der Waals surface area (Å²) in [5.74, 6) is -3.43. The molecule has 0 saturated carbocycles. The number of carbonyl (C=O) groups excluding carboxylic acids is 2. The molecular weight excluding hydrogens is 506 g/mol. The number of benzene rings is 3. The van der Waals surface area contributed by atoms with Crippen LogP contribution in [0.15, 0.2) is 82.8 Å². The summed E-state index contributed by atoms with van der Waals surface area (Å²) in [6, 6.07) is 13.8. The second-order valence-electron chi connectivity index (χ2n) is 7.28. The number of ketones is 1. The second kappa shape index (κ2) is 8.47. The molecule has 1 amide bonds. The van der Waals surface area contributed by atoms with Crippen molar-refractivity contribution in [1.29, 1.82) is 0 Å². The normalized spacial score (nSPS) is 18.1. The molecular formula is C24H14BrF4NO3. The molecule has 1 atom stereocenters. The average molecular weight is 520 g/mol. The lowest BCUT2D eigenvalue weighted by Gasteiger charge is -2.26. The van der Waals surface area contributed by atoms with Crippen LogP contribution in [-0.4, -0.2) is 16.8 Å². The Bertz CT molecular complexity index is 1290. The number of aliphatic hydroxyl groups is 1. The van der Waals surface area contributed by atoms with Crippen LogP contribution in [0.5, 0.6) is 0 Å². The van der Waals surface area contributed by atoms with E-state index in [2.05, 4.69) is 15.9 Å². The highest BCUT2D eigenvalue weighted by molar-refractivity contribution is 9.10. The van der Waals surface area contributed by atoms with E-state index in [1.807, 2.05) is 0 Å². The van der Waals surface area contributed by atoms with Gasteiger partial charge in [0.15, 0.2) is 0 Å². The number of nitrogens with zero attached hydrogens (tertiary/aromatic N) is 1. The van der Waals surface area contributed by atoms with Gasteiger partial charge >= 0.3 is 6.18 Å². The molecule has 3 aromatic carbocycles. The van der Waals surface area contributed by atoms with E-state index in [4.69, 9.17) is 0 Å². The Morgan fingerprint density at radius 2 is 1.61 bits per heavy atom. The van der Waals surface area contributed by atoms with Crippen LogP contribution in [0.25, 0.3) is 5.76 Å². The summed E-state index contributed by atoms with van der Waals surface area (Å²) in [6.07, 6.45) is -4.69. The zero-order valence-electron chi connectivity index (χ0n) is 16.6. The first-order valence-corrected chi connectivity index (χ1v) is 10.4. The molecule has 1 unspecified atom stereocenters. The van der Waals surface area contributed by atoms with Gasteiger partial charge in [-0.3, -0.25) is 14.5 Å². The monoisotopic (exact) mass is 519 g/mol. The molecule has 1 aliphatic rings. The van der Waals surface area contributed by atoms with E-state index in [-0.39, 0.29) is 22.4 Å². The van der Waals surface area contributed by atoms with Gasteiger partial charge in [0.1, 0.15) is 11.6 Å². The molecule has 4 nitrogen and oxygen atoms in total. The molecule has 168 valence electrons. The van der Waals surface area contributed by atoms with Crippen molar-refractivity contribution in [2.24, 2.45) is 0 Å². The minimum Gasteiger partial charge on any atom is -0.507 e. The highest BCUT2D eigenvalue weighted by Crippen LogP contribution is 2.43. The zero-order chi connectivity index (χ0) is 23.9. The van der Waals surface area contributed by atoms with E-state index < -0.39 is 41.0 Å². The lowest BCUT2D eigenvalue weighted by atomic mass is 9.95. The van der Waals surface area contributed by atoms with Gasteiger partial charge in [-0.15, -0.1) is 0 Å². The standard InChI is InChI=1S/C24H14BrF4NO3/c25-16-9-7-13(8-10-16)21(31)19-20(14-3-1-5-17(26)11-14)30(23(33)22(19)32)18-6-2-4-15(12-18)24(27,28)29/h1-12,20,31H/b21-19+. The maximum Gasteiger partial charge on any atom is 0.416 e. The van der Waals surface area contributed by atoms with Crippen molar-refractivity contribution < 1.29 is 32.3 Å². The second-order valence-corrected chi connectivity index (χ2v) is 8.19. The topological polar surface area (TPSA) is 57.6 Å². The van der Waals surface area contributed by atoms with Gasteiger partial charge in [0.25, 0.3) is 11.7 Å². The number of rotatable bonds is 3. The fourth-order valence-electron chi connectivity index (χ4n) is 3.69. The SMILES string of the molecule is O=C1C(=O)N(c2cccc(C(F)(F)F)c2)C(c2cccc(F)c2)/C1=C(\O)c1ccc(Br)cc1. The number of aliphatic hydroxyl groups excluding tert-OH is 1. The van der Waals surface area contributed by atoms with Crippen LogP contribution in [0.4, 0.5) is 23.2 Å². The number of carbonyl (C=O) groups is 2. The molecule has 0 radical (unpaired) electrons. The van der Waals surface area contributed by atoms with Gasteiger partial charge < -0.3 is 5.11 Å². The molecule has 1 N–H and O–H groups in total. The van der Waals surface area contributed by atoms with Crippen LogP contribution in [-0.2, 0) is 15.8 Å². The van der Waals surface area contributed by atoms with E-state index in [1.54, 1.807) is 12.1 Å². The maximum atomic E-state index is 14.0. The largest absolute Gasteiger partial charge is 0.507 e. The molecule has 0 spiro atoms. The molecule has 1 aliphatic heterocycles. The predicted octanol–water partition coefficient (Wildman–Crippen LogP) is 6.23. The number of Topliss-reactive ketones (excluding diaryl/α,β-unsaturated/α-hetero) is 1. The number of alkyl halides is 3. The van der Waals surface area contributed by atoms with E-state index in [0.717, 1.165) is 35.2 Å².